The van der Waals surface area contributed by atoms with Crippen molar-refractivity contribution in [2.24, 2.45) is 0 Å². The molecule has 1 aromatic carbocycles. The first-order valence-electron chi connectivity index (χ1n) is 5.32. The van der Waals surface area contributed by atoms with Crippen LogP contribution in [0, 0.1) is 0 Å². The number of hydrogen-bond donors (Lipinski definition) is 0. The summed E-state index contributed by atoms with van der Waals surface area (Å²) < 4.78 is 0. The highest BCUT2D eigenvalue weighted by molar-refractivity contribution is 6.06. The van der Waals surface area contributed by atoms with Crippen molar-refractivity contribution in [1.82, 2.24) is 0 Å². The molecule has 1 heteroatoms. The Morgan fingerprint density at radius 2 is 1.80 bits per heavy atom. The minimum atomic E-state index is 0.183. The van der Waals surface area contributed by atoms with E-state index in [2.05, 4.69) is 24.3 Å². The first-order chi connectivity index (χ1) is 7.36. The van der Waals surface area contributed by atoms with Gasteiger partial charge in [-0.3, -0.25) is 4.79 Å². The van der Waals surface area contributed by atoms with Crippen LogP contribution in [0.3, 0.4) is 0 Å². The van der Waals surface area contributed by atoms with E-state index in [0.29, 0.717) is 0 Å². The summed E-state index contributed by atoms with van der Waals surface area (Å²) in [6.07, 6.45) is 8.38. The number of benzene rings is 1. The maximum Gasteiger partial charge on any atom is 0.181 e. The van der Waals surface area contributed by atoms with Gasteiger partial charge in [0.05, 0.1) is 0 Å². The third-order valence-corrected chi connectivity index (χ3v) is 2.62. The molecule has 0 heterocycles. The number of ketones is 1. The molecule has 1 aliphatic rings. The van der Waals surface area contributed by atoms with Gasteiger partial charge in [0.25, 0.3) is 0 Å². The summed E-state index contributed by atoms with van der Waals surface area (Å²) in [5, 5.41) is 0. The monoisotopic (exact) mass is 198 g/mol. The Kier molecular flexibility index (Phi) is 3.13. The fourth-order valence-corrected chi connectivity index (χ4v) is 1.78. The van der Waals surface area contributed by atoms with Gasteiger partial charge < -0.3 is 0 Å². The summed E-state index contributed by atoms with van der Waals surface area (Å²) in [5.74, 6) is 0.183. The van der Waals surface area contributed by atoms with Crippen LogP contribution in [0.5, 0.6) is 0 Å². The van der Waals surface area contributed by atoms with Crippen LogP contribution < -0.4 is 0 Å². The second-order valence-corrected chi connectivity index (χ2v) is 3.75. The van der Waals surface area contributed by atoms with Crippen molar-refractivity contribution >= 4 is 5.78 Å². The van der Waals surface area contributed by atoms with Crippen molar-refractivity contribution in [2.45, 2.75) is 19.3 Å². The second-order valence-electron chi connectivity index (χ2n) is 3.75. The van der Waals surface area contributed by atoms with Crippen LogP contribution in [-0.2, 0) is 11.2 Å². The van der Waals surface area contributed by atoms with Gasteiger partial charge in [0.2, 0.25) is 0 Å². The predicted octanol–water partition coefficient (Wildman–Crippen LogP) is 3.07. The molecule has 0 saturated carbocycles. The van der Waals surface area contributed by atoms with Gasteiger partial charge in [-0.05, 0) is 36.5 Å². The van der Waals surface area contributed by atoms with Crippen LogP contribution in [0.2, 0.25) is 0 Å². The third-order valence-electron chi connectivity index (χ3n) is 2.62. The van der Waals surface area contributed by atoms with Crippen LogP contribution in [-0.4, -0.2) is 5.78 Å². The minimum Gasteiger partial charge on any atom is -0.290 e. The van der Waals surface area contributed by atoms with Gasteiger partial charge in [0.1, 0.15) is 0 Å². The SMILES string of the molecule is O=C1C=CC=C1CCCc1ccccc1. The molecule has 0 spiro atoms. The van der Waals surface area contributed by atoms with Crippen molar-refractivity contribution in [3.05, 3.63) is 59.7 Å². The minimum absolute atomic E-state index is 0.183. The van der Waals surface area contributed by atoms with E-state index in [9.17, 15) is 4.79 Å². The number of carbonyl (C=O) groups is 1. The standard InChI is InChI=1S/C14H14O/c15-14-11-5-10-13(14)9-4-8-12-6-2-1-3-7-12/h1-3,5-7,10-11H,4,8-9H2. The summed E-state index contributed by atoms with van der Waals surface area (Å²) in [6.45, 7) is 0. The molecule has 1 aromatic rings. The molecule has 0 bridgehead atoms. The average molecular weight is 198 g/mol. The summed E-state index contributed by atoms with van der Waals surface area (Å²) in [7, 11) is 0. The first-order valence-corrected chi connectivity index (χ1v) is 5.32. The highest BCUT2D eigenvalue weighted by atomic mass is 16.1. The van der Waals surface area contributed by atoms with Crippen LogP contribution in [0.4, 0.5) is 0 Å². The van der Waals surface area contributed by atoms with Crippen LogP contribution in [0.1, 0.15) is 18.4 Å². The van der Waals surface area contributed by atoms with Crippen LogP contribution in [0.15, 0.2) is 54.1 Å². The molecule has 1 nitrogen and oxygen atoms in total. The largest absolute Gasteiger partial charge is 0.290 e. The maximum absolute atomic E-state index is 11.3. The molecule has 0 amide bonds. The zero-order chi connectivity index (χ0) is 10.5. The Balaban J connectivity index is 1.79. The lowest BCUT2D eigenvalue weighted by molar-refractivity contribution is -0.111. The molecule has 76 valence electrons. The number of hydrogen-bond acceptors (Lipinski definition) is 1. The Hall–Kier alpha value is -1.63. The number of allylic oxidation sites excluding steroid dienone is 4. The fraction of sp³-hybridized carbons (Fsp3) is 0.214. The number of rotatable bonds is 4. The Morgan fingerprint density at radius 1 is 1.00 bits per heavy atom. The Morgan fingerprint density at radius 3 is 2.47 bits per heavy atom. The van der Waals surface area contributed by atoms with Gasteiger partial charge in [0.15, 0.2) is 5.78 Å². The van der Waals surface area contributed by atoms with Gasteiger partial charge in [-0.25, -0.2) is 0 Å². The van der Waals surface area contributed by atoms with E-state index in [-0.39, 0.29) is 5.78 Å². The molecule has 15 heavy (non-hydrogen) atoms. The van der Waals surface area contributed by atoms with Crippen molar-refractivity contribution < 1.29 is 4.79 Å². The zero-order valence-corrected chi connectivity index (χ0v) is 8.65. The van der Waals surface area contributed by atoms with E-state index in [4.69, 9.17) is 0 Å². The lowest BCUT2D eigenvalue weighted by Gasteiger charge is -2.01. The van der Waals surface area contributed by atoms with E-state index < -0.39 is 0 Å². The van der Waals surface area contributed by atoms with Crippen LogP contribution >= 0.6 is 0 Å². The third kappa shape index (κ3) is 2.66. The van der Waals surface area contributed by atoms with Crippen molar-refractivity contribution in [3.8, 4) is 0 Å². The molecular weight excluding hydrogens is 184 g/mol. The predicted molar refractivity (Wildman–Crippen MR) is 61.6 cm³/mol. The molecule has 0 unspecified atom stereocenters. The highest BCUT2D eigenvalue weighted by Gasteiger charge is 2.08. The molecule has 2 rings (SSSR count). The smallest absolute Gasteiger partial charge is 0.181 e. The lowest BCUT2D eigenvalue weighted by Crippen LogP contribution is -1.95. The van der Waals surface area contributed by atoms with Gasteiger partial charge in [-0.2, -0.15) is 0 Å². The summed E-state index contributed by atoms with van der Waals surface area (Å²) >= 11 is 0. The maximum atomic E-state index is 11.3. The molecule has 0 aliphatic heterocycles. The molecule has 0 aromatic heterocycles. The van der Waals surface area contributed by atoms with E-state index in [1.165, 1.54) is 5.56 Å². The molecule has 0 N–H and O–H groups in total. The molecule has 1 aliphatic carbocycles. The van der Waals surface area contributed by atoms with Gasteiger partial charge >= 0.3 is 0 Å². The zero-order valence-electron chi connectivity index (χ0n) is 8.65. The number of aryl methyl sites for hydroxylation is 1. The lowest BCUT2D eigenvalue weighted by atomic mass is 10.0. The van der Waals surface area contributed by atoms with Crippen molar-refractivity contribution in [1.29, 1.82) is 0 Å². The summed E-state index contributed by atoms with van der Waals surface area (Å²) in [6, 6.07) is 10.4. The van der Waals surface area contributed by atoms with E-state index >= 15 is 0 Å². The first kappa shape index (κ1) is 9.91. The molecule has 0 radical (unpaired) electrons. The van der Waals surface area contributed by atoms with E-state index in [1.807, 2.05) is 18.2 Å². The highest BCUT2D eigenvalue weighted by Crippen LogP contribution is 2.15. The van der Waals surface area contributed by atoms with E-state index in [1.54, 1.807) is 6.08 Å². The summed E-state index contributed by atoms with van der Waals surface area (Å²) in [5.41, 5.74) is 2.29. The van der Waals surface area contributed by atoms with Crippen molar-refractivity contribution in [3.63, 3.8) is 0 Å². The Bertz CT molecular complexity index is 399. The van der Waals surface area contributed by atoms with Crippen LogP contribution in [0.25, 0.3) is 0 Å². The number of carbonyl (C=O) groups excluding carboxylic acids is 1. The summed E-state index contributed by atoms with van der Waals surface area (Å²) in [4.78, 5) is 11.3. The van der Waals surface area contributed by atoms with Crippen molar-refractivity contribution in [2.75, 3.05) is 0 Å². The van der Waals surface area contributed by atoms with Gasteiger partial charge in [0, 0.05) is 0 Å². The molecule has 0 saturated heterocycles. The quantitative estimate of drug-likeness (QED) is 0.726. The normalized spacial score (nSPS) is 14.4. The fourth-order valence-electron chi connectivity index (χ4n) is 1.78. The van der Waals surface area contributed by atoms with Gasteiger partial charge in [-0.15, -0.1) is 0 Å². The topological polar surface area (TPSA) is 17.1 Å². The Labute approximate surface area is 90.1 Å². The molecule has 0 atom stereocenters. The van der Waals surface area contributed by atoms with E-state index in [0.717, 1.165) is 24.8 Å². The van der Waals surface area contributed by atoms with Gasteiger partial charge in [-0.1, -0.05) is 42.5 Å². The molecule has 0 fully saturated rings. The average Bonchev–Trinajstić information content (AvgIpc) is 2.66. The molecular formula is C14H14O. The second kappa shape index (κ2) is 4.74.